The molecule has 3 N–H and O–H groups in total. The number of thiazole rings is 1. The Hall–Kier alpha value is -1.80. The summed E-state index contributed by atoms with van der Waals surface area (Å²) in [6, 6.07) is 4.76. The largest absolute Gasteiger partial charge is 0.369 e. The van der Waals surface area contributed by atoms with Crippen molar-refractivity contribution in [3.05, 3.63) is 45.1 Å². The molecule has 0 saturated carbocycles. The summed E-state index contributed by atoms with van der Waals surface area (Å²) >= 11 is 4.25. The third kappa shape index (κ3) is 4.33. The number of hydrogen-bond acceptors (Lipinski definition) is 4. The van der Waals surface area contributed by atoms with Crippen molar-refractivity contribution >= 4 is 44.2 Å². The summed E-state index contributed by atoms with van der Waals surface area (Å²) < 4.78 is 14.1. The number of halogens is 2. The van der Waals surface area contributed by atoms with Crippen LogP contribution in [0.1, 0.15) is 11.3 Å². The van der Waals surface area contributed by atoms with E-state index in [1.54, 1.807) is 23.6 Å². The van der Waals surface area contributed by atoms with Crippen LogP contribution < -0.4 is 11.1 Å². The maximum Gasteiger partial charge on any atom is 0.230 e. The zero-order valence-electron chi connectivity index (χ0n) is 10.7. The topological polar surface area (TPSA) is 85.1 Å². The Morgan fingerprint density at radius 3 is 2.86 bits per heavy atom. The summed E-state index contributed by atoms with van der Waals surface area (Å²) in [5, 5.41) is 4.56. The van der Waals surface area contributed by atoms with E-state index in [0.717, 1.165) is 0 Å². The van der Waals surface area contributed by atoms with Gasteiger partial charge >= 0.3 is 0 Å². The van der Waals surface area contributed by atoms with E-state index in [1.165, 1.54) is 11.3 Å². The van der Waals surface area contributed by atoms with Crippen LogP contribution in [0.25, 0.3) is 0 Å². The van der Waals surface area contributed by atoms with Gasteiger partial charge in [0.1, 0.15) is 5.82 Å². The lowest BCUT2D eigenvalue weighted by atomic mass is 10.1. The number of rotatable bonds is 5. The van der Waals surface area contributed by atoms with Crippen LogP contribution in [-0.4, -0.2) is 16.8 Å². The Morgan fingerprint density at radius 1 is 1.38 bits per heavy atom. The average molecular weight is 372 g/mol. The first kappa shape index (κ1) is 15.6. The number of aromatic nitrogens is 1. The molecule has 2 aromatic rings. The monoisotopic (exact) mass is 371 g/mol. The summed E-state index contributed by atoms with van der Waals surface area (Å²) in [5.41, 5.74) is 5.84. The van der Waals surface area contributed by atoms with Crippen LogP contribution in [0.5, 0.6) is 0 Å². The molecule has 0 saturated heterocycles. The van der Waals surface area contributed by atoms with Gasteiger partial charge in [-0.25, -0.2) is 9.37 Å². The molecular formula is C13H11BrFN3O2S. The van der Waals surface area contributed by atoms with E-state index in [0.29, 0.717) is 15.3 Å². The van der Waals surface area contributed by atoms with Gasteiger partial charge in [-0.15, -0.1) is 11.3 Å². The van der Waals surface area contributed by atoms with Crippen LogP contribution in [0.4, 0.5) is 9.52 Å². The molecule has 1 aromatic heterocycles. The van der Waals surface area contributed by atoms with Gasteiger partial charge in [0.2, 0.25) is 11.8 Å². The molecular weight excluding hydrogens is 361 g/mol. The van der Waals surface area contributed by atoms with Crippen LogP contribution in [0, 0.1) is 5.82 Å². The van der Waals surface area contributed by atoms with E-state index < -0.39 is 11.7 Å². The first-order valence-electron chi connectivity index (χ1n) is 5.91. The second-order valence-electron chi connectivity index (χ2n) is 4.22. The standard InChI is InChI=1S/C13H11BrFN3O2S/c14-9-3-1-2-7(12(9)15)4-11(20)18-13-17-8(6-21-13)5-10(16)19/h1-3,6H,4-5H2,(H2,16,19)(H,17,18,20). The molecule has 0 aliphatic heterocycles. The number of nitrogens with one attached hydrogen (secondary N) is 1. The van der Waals surface area contributed by atoms with Gasteiger partial charge in [0.25, 0.3) is 0 Å². The Balaban J connectivity index is 2.00. The molecule has 110 valence electrons. The third-order valence-corrected chi connectivity index (χ3v) is 3.96. The van der Waals surface area contributed by atoms with Crippen molar-refractivity contribution in [1.29, 1.82) is 0 Å². The first-order chi connectivity index (χ1) is 9.95. The number of nitrogens with two attached hydrogens (primary N) is 1. The van der Waals surface area contributed by atoms with Crippen molar-refractivity contribution < 1.29 is 14.0 Å². The zero-order chi connectivity index (χ0) is 15.4. The highest BCUT2D eigenvalue weighted by molar-refractivity contribution is 9.10. The van der Waals surface area contributed by atoms with Gasteiger partial charge in [0, 0.05) is 5.38 Å². The number of anilines is 1. The minimum absolute atomic E-state index is 0.0205. The maximum atomic E-state index is 13.8. The Morgan fingerprint density at radius 2 is 2.14 bits per heavy atom. The second-order valence-corrected chi connectivity index (χ2v) is 5.94. The van der Waals surface area contributed by atoms with Gasteiger partial charge in [-0.2, -0.15) is 0 Å². The fourth-order valence-corrected chi connectivity index (χ4v) is 2.78. The van der Waals surface area contributed by atoms with Crippen molar-refractivity contribution in [3.63, 3.8) is 0 Å². The molecule has 0 aliphatic rings. The molecule has 0 bridgehead atoms. The smallest absolute Gasteiger partial charge is 0.230 e. The molecule has 1 aromatic carbocycles. The van der Waals surface area contributed by atoms with E-state index in [2.05, 4.69) is 26.2 Å². The fraction of sp³-hybridized carbons (Fsp3) is 0.154. The van der Waals surface area contributed by atoms with Crippen LogP contribution in [0.15, 0.2) is 28.1 Å². The van der Waals surface area contributed by atoms with Crippen molar-refractivity contribution in [2.24, 2.45) is 5.73 Å². The summed E-state index contributed by atoms with van der Waals surface area (Å²) in [6.07, 6.45) is -0.0807. The Kier molecular flexibility index (Phi) is 5.03. The molecule has 0 radical (unpaired) electrons. The van der Waals surface area contributed by atoms with E-state index in [4.69, 9.17) is 5.73 Å². The van der Waals surface area contributed by atoms with E-state index in [9.17, 15) is 14.0 Å². The summed E-state index contributed by atoms with van der Waals surface area (Å²) in [7, 11) is 0. The molecule has 0 atom stereocenters. The quantitative estimate of drug-likeness (QED) is 0.844. The number of amides is 2. The highest BCUT2D eigenvalue weighted by Crippen LogP contribution is 2.20. The van der Waals surface area contributed by atoms with Gasteiger partial charge in [-0.05, 0) is 27.6 Å². The highest BCUT2D eigenvalue weighted by Gasteiger charge is 2.12. The number of hydrogen-bond donors (Lipinski definition) is 2. The molecule has 0 spiro atoms. The van der Waals surface area contributed by atoms with Crippen molar-refractivity contribution in [2.75, 3.05) is 5.32 Å². The summed E-state index contributed by atoms with van der Waals surface area (Å²) in [5.74, 6) is -1.33. The normalized spacial score (nSPS) is 10.4. The molecule has 2 rings (SSSR count). The summed E-state index contributed by atoms with van der Waals surface area (Å²) in [4.78, 5) is 26.7. The Labute approximate surface area is 132 Å². The van der Waals surface area contributed by atoms with Gasteiger partial charge in [-0.1, -0.05) is 12.1 Å². The van der Waals surface area contributed by atoms with Crippen LogP contribution in [0.2, 0.25) is 0 Å². The average Bonchev–Trinajstić information content (AvgIpc) is 2.81. The first-order valence-corrected chi connectivity index (χ1v) is 7.58. The molecule has 2 amide bonds. The van der Waals surface area contributed by atoms with E-state index >= 15 is 0 Å². The van der Waals surface area contributed by atoms with Gasteiger partial charge in [-0.3, -0.25) is 9.59 Å². The van der Waals surface area contributed by atoms with Crippen molar-refractivity contribution in [3.8, 4) is 0 Å². The van der Waals surface area contributed by atoms with Gasteiger partial charge in [0.05, 0.1) is 23.0 Å². The highest BCUT2D eigenvalue weighted by atomic mass is 79.9. The number of carbonyl (C=O) groups is 2. The minimum atomic E-state index is -0.491. The van der Waals surface area contributed by atoms with E-state index in [-0.39, 0.29) is 24.3 Å². The lowest BCUT2D eigenvalue weighted by Crippen LogP contribution is -2.16. The molecule has 5 nitrogen and oxygen atoms in total. The molecule has 0 aliphatic carbocycles. The summed E-state index contributed by atoms with van der Waals surface area (Å²) in [6.45, 7) is 0. The number of benzene rings is 1. The molecule has 0 fully saturated rings. The predicted octanol–water partition coefficient (Wildman–Crippen LogP) is 2.25. The van der Waals surface area contributed by atoms with Gasteiger partial charge < -0.3 is 11.1 Å². The van der Waals surface area contributed by atoms with Crippen LogP contribution >= 0.6 is 27.3 Å². The van der Waals surface area contributed by atoms with Crippen molar-refractivity contribution in [1.82, 2.24) is 4.98 Å². The second kappa shape index (κ2) is 6.77. The lowest BCUT2D eigenvalue weighted by Gasteiger charge is -2.04. The fourth-order valence-electron chi connectivity index (χ4n) is 1.65. The third-order valence-electron chi connectivity index (χ3n) is 2.54. The molecule has 21 heavy (non-hydrogen) atoms. The predicted molar refractivity (Wildman–Crippen MR) is 81.4 cm³/mol. The number of primary amides is 1. The lowest BCUT2D eigenvalue weighted by molar-refractivity contribution is -0.117. The Bertz CT molecular complexity index is 690. The number of nitrogens with zero attached hydrogens (tertiary/aromatic N) is 1. The van der Waals surface area contributed by atoms with Crippen LogP contribution in [0.3, 0.4) is 0 Å². The van der Waals surface area contributed by atoms with Crippen molar-refractivity contribution in [2.45, 2.75) is 12.8 Å². The van der Waals surface area contributed by atoms with Crippen LogP contribution in [-0.2, 0) is 22.4 Å². The SMILES string of the molecule is NC(=O)Cc1csc(NC(=O)Cc2cccc(Br)c2F)n1. The minimum Gasteiger partial charge on any atom is -0.369 e. The number of carbonyl (C=O) groups excluding carboxylic acids is 2. The van der Waals surface area contributed by atoms with E-state index in [1.807, 2.05) is 0 Å². The zero-order valence-corrected chi connectivity index (χ0v) is 13.1. The molecule has 1 heterocycles. The molecule has 8 heteroatoms. The molecule has 0 unspecified atom stereocenters. The maximum absolute atomic E-state index is 13.8. The van der Waals surface area contributed by atoms with Gasteiger partial charge in [0.15, 0.2) is 5.13 Å².